The van der Waals surface area contributed by atoms with Gasteiger partial charge in [-0.2, -0.15) is 0 Å². The maximum absolute atomic E-state index is 12.2. The van der Waals surface area contributed by atoms with Crippen molar-refractivity contribution in [2.75, 3.05) is 5.32 Å². The number of pyridine rings is 1. The van der Waals surface area contributed by atoms with Crippen molar-refractivity contribution in [2.24, 2.45) is 0 Å². The van der Waals surface area contributed by atoms with Gasteiger partial charge in [0.25, 0.3) is 5.91 Å². The minimum Gasteiger partial charge on any atom is -0.361 e. The molecule has 0 unspecified atom stereocenters. The van der Waals surface area contributed by atoms with Gasteiger partial charge >= 0.3 is 0 Å². The van der Waals surface area contributed by atoms with E-state index in [9.17, 15) is 4.79 Å². The van der Waals surface area contributed by atoms with Crippen LogP contribution in [0.4, 0.5) is 5.69 Å². The summed E-state index contributed by atoms with van der Waals surface area (Å²) in [7, 11) is 0. The van der Waals surface area contributed by atoms with Gasteiger partial charge in [0.1, 0.15) is 4.60 Å². The number of halogens is 1. The van der Waals surface area contributed by atoms with Crippen molar-refractivity contribution in [3.63, 3.8) is 0 Å². The summed E-state index contributed by atoms with van der Waals surface area (Å²) in [5, 5.41) is 3.74. The number of hydrogen-bond acceptors (Lipinski definition) is 2. The first-order valence-electron chi connectivity index (χ1n) is 5.73. The zero-order chi connectivity index (χ0) is 13.2. The lowest BCUT2D eigenvalue weighted by atomic mass is 10.1. The van der Waals surface area contributed by atoms with E-state index in [-0.39, 0.29) is 5.91 Å². The number of hydrogen-bond donors (Lipinski definition) is 2. The molecule has 0 saturated heterocycles. The molecule has 1 amide bonds. The summed E-state index contributed by atoms with van der Waals surface area (Å²) >= 11 is 3.26. The molecule has 0 aliphatic heterocycles. The molecule has 1 aromatic carbocycles. The molecular formula is C14H10BrN3O. The van der Waals surface area contributed by atoms with E-state index in [0.29, 0.717) is 11.3 Å². The minimum absolute atomic E-state index is 0.144. The quantitative estimate of drug-likeness (QED) is 0.710. The number of aromatic nitrogens is 2. The van der Waals surface area contributed by atoms with Crippen LogP contribution in [0.1, 0.15) is 10.4 Å². The van der Waals surface area contributed by atoms with Gasteiger partial charge in [-0.25, -0.2) is 4.98 Å². The Balaban J connectivity index is 1.92. The van der Waals surface area contributed by atoms with E-state index >= 15 is 0 Å². The average Bonchev–Trinajstić information content (AvgIpc) is 2.89. The third-order valence-electron chi connectivity index (χ3n) is 2.82. The Bertz CT molecular complexity index is 734. The lowest BCUT2D eigenvalue weighted by Gasteiger charge is -2.06. The van der Waals surface area contributed by atoms with Gasteiger partial charge in [0.05, 0.1) is 11.9 Å². The van der Waals surface area contributed by atoms with E-state index in [4.69, 9.17) is 0 Å². The Morgan fingerprint density at radius 3 is 2.89 bits per heavy atom. The lowest BCUT2D eigenvalue weighted by molar-refractivity contribution is 0.102. The van der Waals surface area contributed by atoms with Gasteiger partial charge in [0, 0.05) is 22.7 Å². The standard InChI is InChI=1S/C14H10BrN3O/c15-13-5-4-9(8-17-13)18-14(19)11-2-1-3-12-10(11)6-7-16-12/h1-8,16H,(H,18,19). The molecule has 0 atom stereocenters. The summed E-state index contributed by atoms with van der Waals surface area (Å²) in [5.41, 5.74) is 2.25. The highest BCUT2D eigenvalue weighted by atomic mass is 79.9. The molecule has 19 heavy (non-hydrogen) atoms. The third kappa shape index (κ3) is 2.37. The molecule has 2 N–H and O–H groups in total. The minimum atomic E-state index is -0.144. The molecule has 0 aliphatic rings. The van der Waals surface area contributed by atoms with Gasteiger partial charge < -0.3 is 10.3 Å². The second-order valence-corrected chi connectivity index (χ2v) is 4.88. The molecule has 0 fully saturated rings. The van der Waals surface area contributed by atoms with Gasteiger partial charge in [-0.3, -0.25) is 4.79 Å². The molecule has 0 spiro atoms. The van der Waals surface area contributed by atoms with Crippen LogP contribution < -0.4 is 5.32 Å². The Morgan fingerprint density at radius 2 is 2.11 bits per heavy atom. The van der Waals surface area contributed by atoms with Gasteiger partial charge in [0.15, 0.2) is 0 Å². The van der Waals surface area contributed by atoms with E-state index < -0.39 is 0 Å². The van der Waals surface area contributed by atoms with E-state index in [1.807, 2.05) is 24.4 Å². The van der Waals surface area contributed by atoms with Crippen LogP contribution >= 0.6 is 15.9 Å². The van der Waals surface area contributed by atoms with Crippen molar-refractivity contribution in [1.82, 2.24) is 9.97 Å². The second kappa shape index (κ2) is 4.85. The summed E-state index contributed by atoms with van der Waals surface area (Å²) in [6, 6.07) is 11.1. The van der Waals surface area contributed by atoms with Crippen LogP contribution in [-0.2, 0) is 0 Å². The van der Waals surface area contributed by atoms with Crippen molar-refractivity contribution < 1.29 is 4.79 Å². The Morgan fingerprint density at radius 1 is 1.21 bits per heavy atom. The highest BCUT2D eigenvalue weighted by Gasteiger charge is 2.10. The van der Waals surface area contributed by atoms with Crippen LogP contribution in [0.25, 0.3) is 10.9 Å². The van der Waals surface area contributed by atoms with E-state index in [1.54, 1.807) is 24.4 Å². The van der Waals surface area contributed by atoms with Crippen LogP contribution in [0.2, 0.25) is 0 Å². The molecule has 2 heterocycles. The van der Waals surface area contributed by atoms with E-state index in [1.165, 1.54) is 0 Å². The lowest BCUT2D eigenvalue weighted by Crippen LogP contribution is -2.12. The van der Waals surface area contributed by atoms with E-state index in [0.717, 1.165) is 15.5 Å². The summed E-state index contributed by atoms with van der Waals surface area (Å²) in [6.07, 6.45) is 3.43. The topological polar surface area (TPSA) is 57.8 Å². The number of nitrogens with one attached hydrogen (secondary N) is 2. The molecular weight excluding hydrogens is 306 g/mol. The molecule has 3 aromatic rings. The predicted octanol–water partition coefficient (Wildman–Crippen LogP) is 3.58. The van der Waals surface area contributed by atoms with Crippen molar-refractivity contribution in [3.05, 3.63) is 59.0 Å². The number of carbonyl (C=O) groups is 1. The molecule has 0 radical (unpaired) electrons. The highest BCUT2D eigenvalue weighted by Crippen LogP contribution is 2.19. The first-order valence-corrected chi connectivity index (χ1v) is 6.52. The van der Waals surface area contributed by atoms with Gasteiger partial charge in [-0.05, 0) is 46.3 Å². The van der Waals surface area contributed by atoms with Crippen molar-refractivity contribution in [3.8, 4) is 0 Å². The highest BCUT2D eigenvalue weighted by molar-refractivity contribution is 9.10. The number of nitrogens with zero attached hydrogens (tertiary/aromatic N) is 1. The number of H-pyrrole nitrogens is 1. The normalized spacial score (nSPS) is 10.6. The summed E-state index contributed by atoms with van der Waals surface area (Å²) < 4.78 is 0.734. The van der Waals surface area contributed by atoms with Crippen LogP contribution in [0.15, 0.2) is 53.4 Å². The summed E-state index contributed by atoms with van der Waals surface area (Å²) in [5.74, 6) is -0.144. The molecule has 2 aromatic heterocycles. The molecule has 5 heteroatoms. The van der Waals surface area contributed by atoms with Crippen LogP contribution in [0, 0.1) is 0 Å². The molecule has 94 valence electrons. The number of fused-ring (bicyclic) bond motifs is 1. The Hall–Kier alpha value is -2.14. The van der Waals surface area contributed by atoms with Crippen LogP contribution in [0.3, 0.4) is 0 Å². The SMILES string of the molecule is O=C(Nc1ccc(Br)nc1)c1cccc2[nH]ccc12. The maximum atomic E-state index is 12.2. The number of benzene rings is 1. The van der Waals surface area contributed by atoms with Crippen molar-refractivity contribution >= 4 is 38.4 Å². The largest absolute Gasteiger partial charge is 0.361 e. The third-order valence-corrected chi connectivity index (χ3v) is 3.29. The predicted molar refractivity (Wildman–Crippen MR) is 78.2 cm³/mol. The van der Waals surface area contributed by atoms with Crippen LogP contribution in [0.5, 0.6) is 0 Å². The fourth-order valence-corrected chi connectivity index (χ4v) is 2.17. The maximum Gasteiger partial charge on any atom is 0.256 e. The van der Waals surface area contributed by atoms with Gasteiger partial charge in [-0.15, -0.1) is 0 Å². The molecule has 4 nitrogen and oxygen atoms in total. The van der Waals surface area contributed by atoms with Gasteiger partial charge in [0.2, 0.25) is 0 Å². The smallest absolute Gasteiger partial charge is 0.256 e. The zero-order valence-corrected chi connectivity index (χ0v) is 11.4. The van der Waals surface area contributed by atoms with Crippen molar-refractivity contribution in [1.29, 1.82) is 0 Å². The fourth-order valence-electron chi connectivity index (χ4n) is 1.93. The molecule has 0 saturated carbocycles. The first kappa shape index (κ1) is 11.9. The second-order valence-electron chi connectivity index (χ2n) is 4.07. The summed E-state index contributed by atoms with van der Waals surface area (Å²) in [6.45, 7) is 0. The number of amides is 1. The van der Waals surface area contributed by atoms with E-state index in [2.05, 4.69) is 31.2 Å². The van der Waals surface area contributed by atoms with Crippen LogP contribution in [-0.4, -0.2) is 15.9 Å². The number of carbonyl (C=O) groups excluding carboxylic acids is 1. The number of anilines is 1. The Labute approximate surface area is 118 Å². The monoisotopic (exact) mass is 315 g/mol. The Kier molecular flexibility index (Phi) is 3.05. The number of rotatable bonds is 2. The van der Waals surface area contributed by atoms with Gasteiger partial charge in [-0.1, -0.05) is 6.07 Å². The molecule has 0 aliphatic carbocycles. The zero-order valence-electron chi connectivity index (χ0n) is 9.85. The molecule has 3 rings (SSSR count). The average molecular weight is 316 g/mol. The summed E-state index contributed by atoms with van der Waals surface area (Å²) in [4.78, 5) is 19.4. The van der Waals surface area contributed by atoms with Crippen molar-refractivity contribution in [2.45, 2.75) is 0 Å². The number of aromatic amines is 1. The molecule has 0 bridgehead atoms. The fraction of sp³-hybridized carbons (Fsp3) is 0. The first-order chi connectivity index (χ1) is 9.24.